The van der Waals surface area contributed by atoms with Gasteiger partial charge >= 0.3 is 6.09 Å². The number of benzene rings is 2. The van der Waals surface area contributed by atoms with E-state index in [1.165, 1.54) is 4.90 Å². The Labute approximate surface area is 265 Å². The summed E-state index contributed by atoms with van der Waals surface area (Å²) < 4.78 is 5.34. The van der Waals surface area contributed by atoms with Gasteiger partial charge in [-0.2, -0.15) is 0 Å². The highest BCUT2D eigenvalue weighted by atomic mass is 35.5. The van der Waals surface area contributed by atoms with Crippen molar-refractivity contribution in [1.29, 1.82) is 0 Å². The van der Waals surface area contributed by atoms with Gasteiger partial charge in [-0.25, -0.2) is 4.79 Å². The molecule has 10 nitrogen and oxygen atoms in total. The summed E-state index contributed by atoms with van der Waals surface area (Å²) in [5.74, 6) is -2.34. The number of nitrogens with one attached hydrogen (secondary N) is 2. The lowest BCUT2D eigenvalue weighted by atomic mass is 9.98. The van der Waals surface area contributed by atoms with Crippen LogP contribution in [0.2, 0.25) is 5.02 Å². The van der Waals surface area contributed by atoms with Crippen LogP contribution in [0, 0.1) is 13.8 Å². The largest absolute Gasteiger partial charge is 0.507 e. The lowest BCUT2D eigenvalue weighted by Crippen LogP contribution is -2.53. The number of nitrogens with two attached hydrogens (primary N) is 1. The number of nitrogens with zero attached hydrogens (tertiary/aromatic N) is 1. The summed E-state index contributed by atoms with van der Waals surface area (Å²) in [6.45, 7) is 10.7. The molecule has 44 heavy (non-hydrogen) atoms. The van der Waals surface area contributed by atoms with Gasteiger partial charge in [0.05, 0.1) is 17.1 Å². The van der Waals surface area contributed by atoms with Crippen molar-refractivity contribution >= 4 is 41.1 Å². The van der Waals surface area contributed by atoms with Crippen molar-refractivity contribution in [3.05, 3.63) is 58.1 Å². The van der Waals surface area contributed by atoms with E-state index in [4.69, 9.17) is 22.1 Å². The number of ether oxygens (including phenoxy) is 1. The fraction of sp³-hybridized carbons (Fsp3) is 0.515. The molecule has 2 rings (SSSR count). The zero-order chi connectivity index (χ0) is 33.0. The molecule has 242 valence electrons. The van der Waals surface area contributed by atoms with Crippen LogP contribution in [0.1, 0.15) is 95.4 Å². The molecule has 0 heterocycles. The molecule has 0 radical (unpaired) electrons. The maximum Gasteiger partial charge on any atom is 0.408 e. The Morgan fingerprint density at radius 1 is 0.977 bits per heavy atom. The van der Waals surface area contributed by atoms with Gasteiger partial charge in [-0.3, -0.25) is 14.4 Å². The van der Waals surface area contributed by atoms with Crippen molar-refractivity contribution in [3.63, 3.8) is 0 Å². The van der Waals surface area contributed by atoms with Crippen LogP contribution >= 0.6 is 11.6 Å². The van der Waals surface area contributed by atoms with E-state index in [0.717, 1.165) is 32.1 Å². The SMILES string of the molecule is CCCCCCCCN(C(=O)C(CC(N)=O)NC(=O)OC(C)(C)C)C(C(=O)Nc1c(C)cccc1Cl)c1cccc(C)c1O. The predicted molar refractivity (Wildman–Crippen MR) is 172 cm³/mol. The highest BCUT2D eigenvalue weighted by molar-refractivity contribution is 6.34. The highest BCUT2D eigenvalue weighted by Gasteiger charge is 2.38. The molecule has 0 saturated carbocycles. The zero-order valence-electron chi connectivity index (χ0n) is 26.7. The van der Waals surface area contributed by atoms with Gasteiger partial charge in [-0.05, 0) is 58.2 Å². The summed E-state index contributed by atoms with van der Waals surface area (Å²) in [4.78, 5) is 54.6. The molecule has 2 atom stereocenters. The Hall–Kier alpha value is -3.79. The molecular formula is C33H47ClN4O6. The van der Waals surface area contributed by atoms with Gasteiger partial charge in [0, 0.05) is 12.1 Å². The number of anilines is 1. The number of aryl methyl sites for hydroxylation is 2. The minimum Gasteiger partial charge on any atom is -0.507 e. The van der Waals surface area contributed by atoms with Crippen LogP contribution in [-0.2, 0) is 19.1 Å². The molecule has 0 aliphatic carbocycles. The van der Waals surface area contributed by atoms with E-state index in [9.17, 15) is 24.3 Å². The third-order valence-corrected chi connectivity index (χ3v) is 7.34. The quantitative estimate of drug-likeness (QED) is 0.170. The number of hydrogen-bond acceptors (Lipinski definition) is 6. The molecule has 2 aromatic rings. The Bertz CT molecular complexity index is 1290. The average molecular weight is 631 g/mol. The monoisotopic (exact) mass is 630 g/mol. The zero-order valence-corrected chi connectivity index (χ0v) is 27.4. The summed E-state index contributed by atoms with van der Waals surface area (Å²) in [6, 6.07) is 7.34. The number of para-hydroxylation sites is 2. The van der Waals surface area contributed by atoms with E-state index in [2.05, 4.69) is 17.6 Å². The summed E-state index contributed by atoms with van der Waals surface area (Å²) in [5.41, 5.74) is 6.37. The van der Waals surface area contributed by atoms with Crippen LogP contribution in [0.5, 0.6) is 5.75 Å². The number of aromatic hydroxyl groups is 1. The van der Waals surface area contributed by atoms with Crippen molar-refractivity contribution in [1.82, 2.24) is 10.2 Å². The fourth-order valence-electron chi connectivity index (χ4n) is 4.82. The van der Waals surface area contributed by atoms with Crippen molar-refractivity contribution in [2.75, 3.05) is 11.9 Å². The number of alkyl carbamates (subject to hydrolysis) is 1. The summed E-state index contributed by atoms with van der Waals surface area (Å²) >= 11 is 6.43. The minimum atomic E-state index is -1.42. The van der Waals surface area contributed by atoms with E-state index < -0.39 is 47.9 Å². The van der Waals surface area contributed by atoms with E-state index >= 15 is 0 Å². The minimum absolute atomic E-state index is 0.100. The van der Waals surface area contributed by atoms with E-state index in [0.29, 0.717) is 28.3 Å². The summed E-state index contributed by atoms with van der Waals surface area (Å²) in [7, 11) is 0. The van der Waals surface area contributed by atoms with Gasteiger partial charge in [0.1, 0.15) is 23.4 Å². The number of carbonyl (C=O) groups excluding carboxylic acids is 4. The Balaban J connectivity index is 2.62. The third kappa shape index (κ3) is 11.0. The fourth-order valence-corrected chi connectivity index (χ4v) is 5.08. The summed E-state index contributed by atoms with van der Waals surface area (Å²) in [5, 5.41) is 16.8. The maximum atomic E-state index is 14.3. The second-order valence-corrected chi connectivity index (χ2v) is 12.4. The molecule has 0 aromatic heterocycles. The van der Waals surface area contributed by atoms with E-state index in [1.54, 1.807) is 71.0 Å². The van der Waals surface area contributed by atoms with Gasteiger partial charge < -0.3 is 31.1 Å². The summed E-state index contributed by atoms with van der Waals surface area (Å²) in [6.07, 6.45) is 4.00. The molecule has 2 aromatic carbocycles. The second kappa shape index (κ2) is 16.9. The van der Waals surface area contributed by atoms with Crippen LogP contribution in [0.15, 0.2) is 36.4 Å². The first-order valence-corrected chi connectivity index (χ1v) is 15.5. The third-order valence-electron chi connectivity index (χ3n) is 7.02. The van der Waals surface area contributed by atoms with Crippen molar-refractivity contribution in [2.45, 2.75) is 104 Å². The molecule has 0 spiro atoms. The Morgan fingerprint density at radius 3 is 2.20 bits per heavy atom. The van der Waals surface area contributed by atoms with Gasteiger partial charge in [0.2, 0.25) is 11.8 Å². The van der Waals surface area contributed by atoms with Crippen molar-refractivity contribution in [3.8, 4) is 5.75 Å². The molecule has 0 aliphatic heterocycles. The highest BCUT2D eigenvalue weighted by Crippen LogP contribution is 2.35. The smallest absolute Gasteiger partial charge is 0.408 e. The second-order valence-electron chi connectivity index (χ2n) is 12.0. The molecule has 0 bridgehead atoms. The predicted octanol–water partition coefficient (Wildman–Crippen LogP) is 6.30. The number of phenolic OH excluding ortho intramolecular Hbond substituents is 1. The normalized spacial score (nSPS) is 12.6. The van der Waals surface area contributed by atoms with E-state index in [-0.39, 0.29) is 17.9 Å². The Morgan fingerprint density at radius 2 is 1.59 bits per heavy atom. The number of amides is 4. The average Bonchev–Trinajstić information content (AvgIpc) is 2.92. The van der Waals surface area contributed by atoms with E-state index in [1.807, 2.05) is 0 Å². The number of unbranched alkanes of at least 4 members (excludes halogenated alkanes) is 5. The first-order chi connectivity index (χ1) is 20.7. The van der Waals surface area contributed by atoms with Gasteiger partial charge in [0.15, 0.2) is 0 Å². The first kappa shape index (κ1) is 36.4. The number of carbonyl (C=O) groups is 4. The molecule has 11 heteroatoms. The number of hydrogen-bond donors (Lipinski definition) is 4. The molecular weight excluding hydrogens is 584 g/mol. The van der Waals surface area contributed by atoms with Gasteiger partial charge in [-0.1, -0.05) is 81.0 Å². The van der Waals surface area contributed by atoms with Crippen molar-refractivity contribution in [2.24, 2.45) is 5.73 Å². The maximum absolute atomic E-state index is 14.3. The van der Waals surface area contributed by atoms with Crippen molar-refractivity contribution < 1.29 is 29.0 Å². The molecule has 2 unspecified atom stereocenters. The number of phenols is 1. The lowest BCUT2D eigenvalue weighted by Gasteiger charge is -2.35. The number of rotatable bonds is 15. The topological polar surface area (TPSA) is 151 Å². The van der Waals surface area contributed by atoms with Crippen LogP contribution in [-0.4, -0.2) is 52.0 Å². The first-order valence-electron chi connectivity index (χ1n) is 15.1. The van der Waals surface area contributed by atoms with Gasteiger partial charge in [-0.15, -0.1) is 0 Å². The van der Waals surface area contributed by atoms with Crippen LogP contribution < -0.4 is 16.4 Å². The number of primary amides is 1. The molecule has 0 aliphatic rings. The molecule has 4 amide bonds. The number of halogens is 1. The van der Waals surface area contributed by atoms with Crippen LogP contribution in [0.4, 0.5) is 10.5 Å². The lowest BCUT2D eigenvalue weighted by molar-refractivity contribution is -0.142. The van der Waals surface area contributed by atoms with Crippen LogP contribution in [0.25, 0.3) is 0 Å². The Kier molecular flexibility index (Phi) is 14.0. The van der Waals surface area contributed by atoms with Gasteiger partial charge in [0.25, 0.3) is 5.91 Å². The van der Waals surface area contributed by atoms with Crippen LogP contribution in [0.3, 0.4) is 0 Å². The molecule has 5 N–H and O–H groups in total. The standard InChI is InChI=1S/C33H47ClN4O6/c1-7-8-9-10-11-12-19-38(31(42)25(20-26(35)39)36-32(43)44-33(4,5)6)28(23-17-13-16-22(3)29(23)40)30(41)37-27-21(2)15-14-18-24(27)34/h13-18,25,28,40H,7-12,19-20H2,1-6H3,(H2,35,39)(H,36,43)(H,37,41). The molecule has 0 fully saturated rings. The molecule has 0 saturated heterocycles.